The zero-order chi connectivity index (χ0) is 20.7. The van der Waals surface area contributed by atoms with Gasteiger partial charge < -0.3 is 9.88 Å². The molecule has 0 radical (unpaired) electrons. The maximum atomic E-state index is 13.7. The highest BCUT2D eigenvalue weighted by Gasteiger charge is 2.27. The standard InChI is InChI=1S/C22H17F2N5O/c23-18-9-8-16(12-19(18)24)29-20-3-1-2-17(20)21(27-29)22(30)26-14-4-6-15(7-5-14)28-11-10-25-13-28/h4-13H,1-3H2,(H,26,30). The molecule has 0 aliphatic heterocycles. The molecule has 0 fully saturated rings. The van der Waals surface area contributed by atoms with Crippen LogP contribution >= 0.6 is 0 Å². The first-order chi connectivity index (χ1) is 14.6. The number of halogens is 2. The molecule has 8 heteroatoms. The van der Waals surface area contributed by atoms with Crippen LogP contribution in [0.4, 0.5) is 14.5 Å². The van der Waals surface area contributed by atoms with Crippen molar-refractivity contribution in [3.05, 3.63) is 89.8 Å². The van der Waals surface area contributed by atoms with Gasteiger partial charge in [0.1, 0.15) is 0 Å². The van der Waals surface area contributed by atoms with Gasteiger partial charge in [0.05, 0.1) is 12.0 Å². The molecule has 150 valence electrons. The molecular weight excluding hydrogens is 388 g/mol. The topological polar surface area (TPSA) is 64.7 Å². The fraction of sp³-hybridized carbons (Fsp3) is 0.136. The number of rotatable bonds is 4. The molecule has 6 nitrogen and oxygen atoms in total. The van der Waals surface area contributed by atoms with Gasteiger partial charge in [0.25, 0.3) is 5.91 Å². The van der Waals surface area contributed by atoms with Gasteiger partial charge in [-0.25, -0.2) is 18.4 Å². The van der Waals surface area contributed by atoms with Crippen molar-refractivity contribution in [1.82, 2.24) is 19.3 Å². The Morgan fingerprint density at radius 2 is 1.80 bits per heavy atom. The van der Waals surface area contributed by atoms with E-state index in [0.717, 1.165) is 48.3 Å². The Morgan fingerprint density at radius 3 is 2.53 bits per heavy atom. The monoisotopic (exact) mass is 405 g/mol. The van der Waals surface area contributed by atoms with E-state index < -0.39 is 11.6 Å². The van der Waals surface area contributed by atoms with Gasteiger partial charge in [-0.1, -0.05) is 0 Å². The van der Waals surface area contributed by atoms with Crippen LogP contribution in [0.5, 0.6) is 0 Å². The predicted octanol–water partition coefficient (Wildman–Crippen LogP) is 4.08. The molecular formula is C22H17F2N5O. The molecule has 0 saturated carbocycles. The van der Waals surface area contributed by atoms with Crippen LogP contribution in [0.2, 0.25) is 0 Å². The van der Waals surface area contributed by atoms with Crippen LogP contribution in [-0.4, -0.2) is 25.2 Å². The Kier molecular flexibility index (Phi) is 4.39. The molecule has 2 aromatic carbocycles. The molecule has 0 unspecified atom stereocenters. The average Bonchev–Trinajstić information content (AvgIpc) is 3.48. The third-order valence-corrected chi connectivity index (χ3v) is 5.22. The lowest BCUT2D eigenvalue weighted by Gasteiger charge is -2.07. The van der Waals surface area contributed by atoms with E-state index in [2.05, 4.69) is 15.4 Å². The van der Waals surface area contributed by atoms with Crippen LogP contribution in [0.25, 0.3) is 11.4 Å². The van der Waals surface area contributed by atoms with Crippen molar-refractivity contribution < 1.29 is 13.6 Å². The van der Waals surface area contributed by atoms with Crippen LogP contribution in [-0.2, 0) is 12.8 Å². The average molecular weight is 405 g/mol. The molecule has 0 bridgehead atoms. The van der Waals surface area contributed by atoms with Gasteiger partial charge in [-0.05, 0) is 55.7 Å². The molecule has 0 spiro atoms. The molecule has 1 N–H and O–H groups in total. The minimum atomic E-state index is -0.946. The minimum absolute atomic E-state index is 0.311. The van der Waals surface area contributed by atoms with Gasteiger partial charge in [0, 0.05) is 41.1 Å². The molecule has 30 heavy (non-hydrogen) atoms. The normalized spacial score (nSPS) is 12.7. The van der Waals surface area contributed by atoms with E-state index >= 15 is 0 Å². The third-order valence-electron chi connectivity index (χ3n) is 5.22. The van der Waals surface area contributed by atoms with Crippen LogP contribution in [0, 0.1) is 11.6 Å². The van der Waals surface area contributed by atoms with E-state index in [1.165, 1.54) is 6.07 Å². The first-order valence-electron chi connectivity index (χ1n) is 9.56. The van der Waals surface area contributed by atoms with E-state index in [-0.39, 0.29) is 5.91 Å². The zero-order valence-corrected chi connectivity index (χ0v) is 15.8. The first-order valence-corrected chi connectivity index (χ1v) is 9.56. The van der Waals surface area contributed by atoms with E-state index in [1.807, 2.05) is 22.9 Å². The first kappa shape index (κ1) is 18.2. The van der Waals surface area contributed by atoms with Crippen LogP contribution in [0.1, 0.15) is 28.2 Å². The largest absolute Gasteiger partial charge is 0.321 e. The Bertz CT molecular complexity index is 1230. The molecule has 1 aliphatic carbocycles. The maximum absolute atomic E-state index is 13.7. The number of benzene rings is 2. The number of hydrogen-bond acceptors (Lipinski definition) is 3. The number of anilines is 1. The van der Waals surface area contributed by atoms with Crippen LogP contribution in [0.15, 0.2) is 61.2 Å². The SMILES string of the molecule is O=C(Nc1ccc(-n2ccnc2)cc1)c1nn(-c2ccc(F)c(F)c2)c2c1CCC2. The predicted molar refractivity (Wildman–Crippen MR) is 107 cm³/mol. The molecule has 0 atom stereocenters. The summed E-state index contributed by atoms with van der Waals surface area (Å²) in [6, 6.07) is 11.0. The van der Waals surface area contributed by atoms with E-state index in [9.17, 15) is 13.6 Å². The second kappa shape index (κ2) is 7.22. The van der Waals surface area contributed by atoms with Gasteiger partial charge in [-0.3, -0.25) is 4.79 Å². The lowest BCUT2D eigenvalue weighted by Crippen LogP contribution is -2.15. The maximum Gasteiger partial charge on any atom is 0.276 e. The lowest BCUT2D eigenvalue weighted by molar-refractivity contribution is 0.102. The van der Waals surface area contributed by atoms with Gasteiger partial charge in [0.15, 0.2) is 17.3 Å². The summed E-state index contributed by atoms with van der Waals surface area (Å²) >= 11 is 0. The third kappa shape index (κ3) is 3.16. The summed E-state index contributed by atoms with van der Waals surface area (Å²) in [5, 5.41) is 7.30. The van der Waals surface area contributed by atoms with Crippen LogP contribution < -0.4 is 5.32 Å². The van der Waals surface area contributed by atoms with Gasteiger partial charge in [0.2, 0.25) is 0 Å². The van der Waals surface area contributed by atoms with E-state index in [1.54, 1.807) is 29.3 Å². The van der Waals surface area contributed by atoms with E-state index in [0.29, 0.717) is 17.1 Å². The fourth-order valence-electron chi connectivity index (χ4n) is 3.77. The van der Waals surface area contributed by atoms with Crippen molar-refractivity contribution in [3.63, 3.8) is 0 Å². The number of carbonyl (C=O) groups excluding carboxylic acids is 1. The summed E-state index contributed by atoms with van der Waals surface area (Å²) in [4.78, 5) is 16.9. The van der Waals surface area contributed by atoms with Crippen LogP contribution in [0.3, 0.4) is 0 Å². The second-order valence-corrected chi connectivity index (χ2v) is 7.11. The quantitative estimate of drug-likeness (QED) is 0.557. The molecule has 0 saturated heterocycles. The fourth-order valence-corrected chi connectivity index (χ4v) is 3.77. The second-order valence-electron chi connectivity index (χ2n) is 7.11. The van der Waals surface area contributed by atoms with Crippen molar-refractivity contribution in [2.24, 2.45) is 0 Å². The summed E-state index contributed by atoms with van der Waals surface area (Å²) in [6.45, 7) is 0. The summed E-state index contributed by atoms with van der Waals surface area (Å²) in [5.74, 6) is -2.19. The molecule has 2 heterocycles. The molecule has 5 rings (SSSR count). The molecule has 2 aromatic heterocycles. The smallest absolute Gasteiger partial charge is 0.276 e. The summed E-state index contributed by atoms with van der Waals surface area (Å²) in [7, 11) is 0. The van der Waals surface area contributed by atoms with Crippen molar-refractivity contribution in [1.29, 1.82) is 0 Å². The highest BCUT2D eigenvalue weighted by molar-refractivity contribution is 6.04. The van der Waals surface area contributed by atoms with Gasteiger partial charge >= 0.3 is 0 Å². The number of amides is 1. The van der Waals surface area contributed by atoms with Crippen molar-refractivity contribution >= 4 is 11.6 Å². The molecule has 1 amide bonds. The zero-order valence-electron chi connectivity index (χ0n) is 15.8. The Hall–Kier alpha value is -3.81. The number of carbonyl (C=O) groups is 1. The van der Waals surface area contributed by atoms with Gasteiger partial charge in [-0.2, -0.15) is 5.10 Å². The lowest BCUT2D eigenvalue weighted by atomic mass is 10.2. The molecule has 4 aromatic rings. The minimum Gasteiger partial charge on any atom is -0.321 e. The number of aromatic nitrogens is 4. The van der Waals surface area contributed by atoms with Crippen molar-refractivity contribution in [3.8, 4) is 11.4 Å². The van der Waals surface area contributed by atoms with Crippen molar-refractivity contribution in [2.75, 3.05) is 5.32 Å². The Labute approximate surface area is 170 Å². The van der Waals surface area contributed by atoms with E-state index in [4.69, 9.17) is 0 Å². The summed E-state index contributed by atoms with van der Waals surface area (Å²) in [6.07, 6.45) is 7.56. The number of nitrogens with one attached hydrogen (secondary N) is 1. The number of fused-ring (bicyclic) bond motifs is 1. The summed E-state index contributed by atoms with van der Waals surface area (Å²) in [5.41, 5.74) is 3.99. The molecule has 1 aliphatic rings. The van der Waals surface area contributed by atoms with Gasteiger partial charge in [-0.15, -0.1) is 0 Å². The number of imidazole rings is 1. The highest BCUT2D eigenvalue weighted by Crippen LogP contribution is 2.29. The Morgan fingerprint density at radius 1 is 1.00 bits per heavy atom. The number of hydrogen-bond donors (Lipinski definition) is 1. The summed E-state index contributed by atoms with van der Waals surface area (Å²) < 4.78 is 30.4. The Balaban J connectivity index is 1.43. The number of nitrogens with zero attached hydrogens (tertiary/aromatic N) is 4. The highest BCUT2D eigenvalue weighted by atomic mass is 19.2. The van der Waals surface area contributed by atoms with Crippen molar-refractivity contribution in [2.45, 2.75) is 19.3 Å².